The number of halogens is 3. The van der Waals surface area contributed by atoms with Crippen molar-refractivity contribution in [3.05, 3.63) is 0 Å². The molecule has 7 heteroatoms. The van der Waals surface area contributed by atoms with Crippen molar-refractivity contribution in [2.45, 2.75) is 43.5 Å². The first-order valence-corrected chi connectivity index (χ1v) is 8.24. The topological polar surface area (TPSA) is 30.5 Å². The fraction of sp³-hybridized carbons (Fsp3) is 1.00. The minimum atomic E-state index is -4.23. The Morgan fingerprint density at radius 1 is 1.30 bits per heavy atom. The Hall–Kier alpha value is 0.0200. The van der Waals surface area contributed by atoms with Crippen LogP contribution in [0.3, 0.4) is 0 Å². The number of alkyl halides is 3. The summed E-state index contributed by atoms with van der Waals surface area (Å²) in [6.07, 6.45) is -0.176. The average Bonchev–Trinajstić information content (AvgIpc) is 2.38. The number of thioether (sulfide) groups is 1. The number of ether oxygens (including phenoxy) is 2. The van der Waals surface area contributed by atoms with Crippen molar-refractivity contribution in [2.24, 2.45) is 0 Å². The fourth-order valence-corrected chi connectivity index (χ4v) is 4.05. The van der Waals surface area contributed by atoms with Crippen molar-refractivity contribution in [3.63, 3.8) is 0 Å². The second-order valence-corrected chi connectivity index (χ2v) is 6.68. The van der Waals surface area contributed by atoms with Crippen LogP contribution in [0.25, 0.3) is 0 Å². The maximum absolute atomic E-state index is 11.9. The van der Waals surface area contributed by atoms with E-state index < -0.39 is 12.8 Å². The van der Waals surface area contributed by atoms with Crippen LogP contribution in [0.1, 0.15) is 25.7 Å². The molecule has 2 rings (SSSR count). The summed E-state index contributed by atoms with van der Waals surface area (Å²) in [5, 5.41) is 3.30. The average molecular weight is 313 g/mol. The van der Waals surface area contributed by atoms with Gasteiger partial charge in [0.05, 0.1) is 12.2 Å². The van der Waals surface area contributed by atoms with Crippen LogP contribution in [0, 0.1) is 0 Å². The minimum Gasteiger partial charge on any atom is -0.375 e. The van der Waals surface area contributed by atoms with E-state index in [9.17, 15) is 13.2 Å². The number of hydrogen-bond acceptors (Lipinski definition) is 4. The molecule has 20 heavy (non-hydrogen) atoms. The Bertz CT molecular complexity index is 290. The van der Waals surface area contributed by atoms with E-state index >= 15 is 0 Å². The van der Waals surface area contributed by atoms with Crippen molar-refractivity contribution in [3.8, 4) is 0 Å². The maximum Gasteiger partial charge on any atom is 0.411 e. The van der Waals surface area contributed by atoms with Gasteiger partial charge >= 0.3 is 6.18 Å². The van der Waals surface area contributed by atoms with Gasteiger partial charge in [0.1, 0.15) is 6.61 Å². The molecule has 1 unspecified atom stereocenters. The largest absolute Gasteiger partial charge is 0.411 e. The molecule has 0 aromatic rings. The zero-order valence-electron chi connectivity index (χ0n) is 11.5. The Kier molecular flexibility index (Phi) is 6.01. The van der Waals surface area contributed by atoms with Gasteiger partial charge in [-0.25, -0.2) is 0 Å². The highest BCUT2D eigenvalue weighted by molar-refractivity contribution is 7.99. The highest BCUT2D eigenvalue weighted by Crippen LogP contribution is 2.37. The van der Waals surface area contributed by atoms with Gasteiger partial charge in [0.25, 0.3) is 0 Å². The molecule has 3 nitrogen and oxygen atoms in total. The fourth-order valence-electron chi connectivity index (χ4n) is 2.82. The summed E-state index contributed by atoms with van der Waals surface area (Å²) >= 11 is 1.96. The summed E-state index contributed by atoms with van der Waals surface area (Å²) in [6, 6.07) is 0.335. The van der Waals surface area contributed by atoms with Crippen molar-refractivity contribution >= 4 is 11.8 Å². The molecule has 0 aromatic heterocycles. The number of nitrogens with one attached hydrogen (secondary N) is 1. The first-order chi connectivity index (χ1) is 9.49. The Labute approximate surface area is 122 Å². The molecule has 2 aliphatic rings. The molecule has 1 atom stereocenters. The van der Waals surface area contributed by atoms with Crippen molar-refractivity contribution in [1.29, 1.82) is 0 Å². The lowest BCUT2D eigenvalue weighted by Gasteiger charge is -2.43. The summed E-state index contributed by atoms with van der Waals surface area (Å²) in [4.78, 5) is 0. The molecule has 0 radical (unpaired) electrons. The van der Waals surface area contributed by atoms with Gasteiger partial charge < -0.3 is 14.8 Å². The van der Waals surface area contributed by atoms with Crippen LogP contribution in [0.2, 0.25) is 0 Å². The molecule has 2 fully saturated rings. The van der Waals surface area contributed by atoms with Gasteiger partial charge in [-0.1, -0.05) is 0 Å². The first-order valence-electron chi connectivity index (χ1n) is 7.09. The lowest BCUT2D eigenvalue weighted by atomic mass is 9.85. The van der Waals surface area contributed by atoms with Crippen molar-refractivity contribution in [2.75, 3.05) is 37.9 Å². The molecule has 0 amide bonds. The molecule has 0 aromatic carbocycles. The molecule has 2 heterocycles. The smallest absolute Gasteiger partial charge is 0.375 e. The van der Waals surface area contributed by atoms with E-state index in [4.69, 9.17) is 4.74 Å². The van der Waals surface area contributed by atoms with Gasteiger partial charge in [0.2, 0.25) is 0 Å². The molecule has 1 spiro atoms. The van der Waals surface area contributed by atoms with E-state index in [2.05, 4.69) is 10.1 Å². The van der Waals surface area contributed by atoms with Gasteiger partial charge in [-0.15, -0.1) is 0 Å². The predicted octanol–water partition coefficient (Wildman–Crippen LogP) is 2.60. The second-order valence-electron chi connectivity index (χ2n) is 5.46. The van der Waals surface area contributed by atoms with Crippen molar-refractivity contribution < 1.29 is 22.6 Å². The number of hydrogen-bond donors (Lipinski definition) is 1. The summed E-state index contributed by atoms with van der Waals surface area (Å²) in [6.45, 7) is 0.140. The SMILES string of the molecule is FC(F)(F)COCCNC1CCOC2(CCSCC2)C1. The molecule has 2 saturated heterocycles. The molecule has 118 valence electrons. The summed E-state index contributed by atoms with van der Waals surface area (Å²) in [5.74, 6) is 2.28. The summed E-state index contributed by atoms with van der Waals surface area (Å²) in [5.41, 5.74) is 0.00793. The van der Waals surface area contributed by atoms with E-state index in [0.29, 0.717) is 12.6 Å². The van der Waals surface area contributed by atoms with Crippen LogP contribution < -0.4 is 5.32 Å². The standard InChI is InChI=1S/C13H22F3NO2S/c14-13(15,16)10-18-6-4-17-11-1-5-19-12(9-11)2-7-20-8-3-12/h11,17H,1-10H2. The molecule has 0 bridgehead atoms. The van der Waals surface area contributed by atoms with Gasteiger partial charge in [-0.05, 0) is 37.2 Å². The molecular formula is C13H22F3NO2S. The molecule has 1 N–H and O–H groups in total. The van der Waals surface area contributed by atoms with Crippen LogP contribution in [0.4, 0.5) is 13.2 Å². The van der Waals surface area contributed by atoms with E-state index in [0.717, 1.165) is 43.8 Å². The monoisotopic (exact) mass is 313 g/mol. The van der Waals surface area contributed by atoms with Crippen molar-refractivity contribution in [1.82, 2.24) is 5.32 Å². The van der Waals surface area contributed by atoms with E-state index in [1.807, 2.05) is 11.8 Å². The van der Waals surface area contributed by atoms with E-state index in [-0.39, 0.29) is 12.2 Å². The van der Waals surface area contributed by atoms with Gasteiger partial charge in [0.15, 0.2) is 0 Å². The second kappa shape index (κ2) is 7.33. The maximum atomic E-state index is 11.9. The van der Waals surface area contributed by atoms with Crippen LogP contribution in [-0.2, 0) is 9.47 Å². The highest BCUT2D eigenvalue weighted by atomic mass is 32.2. The Morgan fingerprint density at radius 2 is 2.05 bits per heavy atom. The van der Waals surface area contributed by atoms with Gasteiger partial charge in [-0.2, -0.15) is 24.9 Å². The zero-order chi connectivity index (χ0) is 14.5. The third kappa shape index (κ3) is 5.42. The Morgan fingerprint density at radius 3 is 2.75 bits per heavy atom. The lowest BCUT2D eigenvalue weighted by molar-refractivity contribution is -0.173. The normalized spacial score (nSPS) is 26.9. The van der Waals surface area contributed by atoms with Gasteiger partial charge in [0, 0.05) is 19.2 Å². The third-order valence-corrected chi connectivity index (χ3v) is 4.83. The van der Waals surface area contributed by atoms with Crippen LogP contribution in [0.5, 0.6) is 0 Å². The summed E-state index contributed by atoms with van der Waals surface area (Å²) in [7, 11) is 0. The molecule has 0 aliphatic carbocycles. The molecule has 0 saturated carbocycles. The van der Waals surface area contributed by atoms with E-state index in [1.54, 1.807) is 0 Å². The van der Waals surface area contributed by atoms with E-state index in [1.165, 1.54) is 0 Å². The first kappa shape index (κ1) is 16.4. The van der Waals surface area contributed by atoms with Crippen LogP contribution in [-0.4, -0.2) is 55.7 Å². The quantitative estimate of drug-likeness (QED) is 0.790. The lowest BCUT2D eigenvalue weighted by Crippen LogP contribution is -2.49. The summed E-state index contributed by atoms with van der Waals surface area (Å²) < 4.78 is 46.3. The molecular weight excluding hydrogens is 291 g/mol. The predicted molar refractivity (Wildman–Crippen MR) is 73.1 cm³/mol. The zero-order valence-corrected chi connectivity index (χ0v) is 12.3. The molecule has 2 aliphatic heterocycles. The van der Waals surface area contributed by atoms with Gasteiger partial charge in [-0.3, -0.25) is 0 Å². The highest BCUT2D eigenvalue weighted by Gasteiger charge is 2.38. The van der Waals surface area contributed by atoms with Crippen LogP contribution >= 0.6 is 11.8 Å². The number of rotatable bonds is 5. The third-order valence-electron chi connectivity index (χ3n) is 3.84. The van der Waals surface area contributed by atoms with Crippen LogP contribution in [0.15, 0.2) is 0 Å². The Balaban J connectivity index is 1.63. The minimum absolute atomic E-state index is 0.00793.